The van der Waals surface area contributed by atoms with E-state index < -0.39 is 0 Å². The van der Waals surface area contributed by atoms with Crippen LogP contribution >= 0.6 is 0 Å². The first-order valence-electron chi connectivity index (χ1n) is 8.73. The van der Waals surface area contributed by atoms with Gasteiger partial charge >= 0.3 is 0 Å². The second-order valence-electron chi connectivity index (χ2n) is 6.42. The maximum atomic E-state index is 6.57. The second kappa shape index (κ2) is 8.43. The summed E-state index contributed by atoms with van der Waals surface area (Å²) in [5.74, 6) is 2.53. The van der Waals surface area contributed by atoms with Crippen molar-refractivity contribution in [3.63, 3.8) is 0 Å². The summed E-state index contributed by atoms with van der Waals surface area (Å²) in [5.41, 5.74) is 7.76. The number of rotatable bonds is 7. The first-order chi connectivity index (χ1) is 10.3. The van der Waals surface area contributed by atoms with E-state index in [-0.39, 0.29) is 6.04 Å². The molecule has 1 aromatic carbocycles. The molecule has 1 aliphatic rings. The minimum Gasteiger partial charge on any atom is -0.494 e. The van der Waals surface area contributed by atoms with Crippen molar-refractivity contribution in [2.75, 3.05) is 6.61 Å². The van der Waals surface area contributed by atoms with Gasteiger partial charge in [0, 0.05) is 11.6 Å². The van der Waals surface area contributed by atoms with Crippen LogP contribution in [0.3, 0.4) is 0 Å². The van der Waals surface area contributed by atoms with E-state index >= 15 is 0 Å². The lowest BCUT2D eigenvalue weighted by molar-refractivity contribution is 0.229. The van der Waals surface area contributed by atoms with Gasteiger partial charge in [0.2, 0.25) is 0 Å². The zero-order valence-electron chi connectivity index (χ0n) is 13.7. The van der Waals surface area contributed by atoms with Crippen molar-refractivity contribution < 1.29 is 4.74 Å². The average molecular weight is 289 g/mol. The lowest BCUT2D eigenvalue weighted by Gasteiger charge is -2.33. The number of para-hydroxylation sites is 1. The molecule has 0 heterocycles. The molecule has 2 rings (SSSR count). The molecule has 1 aromatic rings. The highest BCUT2D eigenvalue weighted by Gasteiger charge is 2.27. The molecule has 0 aliphatic heterocycles. The molecule has 2 N–H and O–H groups in total. The van der Waals surface area contributed by atoms with Crippen LogP contribution in [0.1, 0.15) is 70.4 Å². The van der Waals surface area contributed by atoms with Crippen LogP contribution in [0.15, 0.2) is 24.3 Å². The number of hydrogen-bond acceptors (Lipinski definition) is 2. The van der Waals surface area contributed by atoms with Gasteiger partial charge in [0.15, 0.2) is 0 Å². The number of ether oxygens (including phenoxy) is 1. The molecule has 1 atom stereocenters. The highest BCUT2D eigenvalue weighted by Crippen LogP contribution is 2.39. The van der Waals surface area contributed by atoms with Crippen LogP contribution in [-0.2, 0) is 0 Å². The first-order valence-corrected chi connectivity index (χ1v) is 8.73. The summed E-state index contributed by atoms with van der Waals surface area (Å²) >= 11 is 0. The van der Waals surface area contributed by atoms with Gasteiger partial charge < -0.3 is 10.5 Å². The standard InChI is InChI=1S/C19H31NO/c1-3-5-8-15-11-13-16(14-12-15)19(20)17-9-6-7-10-18(17)21-4-2/h6-7,9-10,15-16,19H,3-5,8,11-14,20H2,1-2H3. The summed E-state index contributed by atoms with van der Waals surface area (Å²) in [7, 11) is 0. The minimum atomic E-state index is 0.125. The largest absolute Gasteiger partial charge is 0.494 e. The Bertz CT molecular complexity index is 410. The van der Waals surface area contributed by atoms with Gasteiger partial charge in [-0.2, -0.15) is 0 Å². The molecule has 0 radical (unpaired) electrons. The molecule has 2 heteroatoms. The fraction of sp³-hybridized carbons (Fsp3) is 0.684. The molecule has 118 valence electrons. The van der Waals surface area contributed by atoms with E-state index in [1.54, 1.807) is 0 Å². The van der Waals surface area contributed by atoms with Crippen LogP contribution in [0.25, 0.3) is 0 Å². The predicted molar refractivity (Wildman–Crippen MR) is 89.5 cm³/mol. The fourth-order valence-electron chi connectivity index (χ4n) is 3.63. The Hall–Kier alpha value is -1.02. The summed E-state index contributed by atoms with van der Waals surface area (Å²) in [4.78, 5) is 0. The van der Waals surface area contributed by atoms with Gasteiger partial charge in [-0.05, 0) is 37.7 Å². The van der Waals surface area contributed by atoms with Gasteiger partial charge in [0.1, 0.15) is 5.75 Å². The van der Waals surface area contributed by atoms with Gasteiger partial charge in [-0.25, -0.2) is 0 Å². The van der Waals surface area contributed by atoms with E-state index in [0.717, 1.165) is 11.7 Å². The zero-order chi connectivity index (χ0) is 15.1. The maximum absolute atomic E-state index is 6.57. The van der Waals surface area contributed by atoms with Gasteiger partial charge in [-0.3, -0.25) is 0 Å². The highest BCUT2D eigenvalue weighted by molar-refractivity contribution is 5.36. The molecular weight excluding hydrogens is 258 g/mol. The van der Waals surface area contributed by atoms with Crippen molar-refractivity contribution >= 4 is 0 Å². The zero-order valence-corrected chi connectivity index (χ0v) is 13.7. The van der Waals surface area contributed by atoms with Crippen LogP contribution in [-0.4, -0.2) is 6.61 Å². The normalized spacial score (nSPS) is 23.8. The van der Waals surface area contributed by atoms with Crippen LogP contribution < -0.4 is 10.5 Å². The molecule has 21 heavy (non-hydrogen) atoms. The lowest BCUT2D eigenvalue weighted by Crippen LogP contribution is -2.26. The van der Waals surface area contributed by atoms with Crippen molar-refractivity contribution in [2.24, 2.45) is 17.6 Å². The summed E-state index contributed by atoms with van der Waals surface area (Å²) < 4.78 is 5.74. The summed E-state index contributed by atoms with van der Waals surface area (Å²) in [6.07, 6.45) is 9.38. The van der Waals surface area contributed by atoms with Crippen molar-refractivity contribution in [3.8, 4) is 5.75 Å². The monoisotopic (exact) mass is 289 g/mol. The van der Waals surface area contributed by atoms with Crippen LogP contribution in [0.2, 0.25) is 0 Å². The molecule has 1 saturated carbocycles. The predicted octanol–water partition coefficient (Wildman–Crippen LogP) is 5.08. The molecule has 2 nitrogen and oxygen atoms in total. The van der Waals surface area contributed by atoms with Crippen molar-refractivity contribution in [1.29, 1.82) is 0 Å². The Morgan fingerprint density at radius 1 is 1.14 bits per heavy atom. The van der Waals surface area contributed by atoms with E-state index in [9.17, 15) is 0 Å². The maximum Gasteiger partial charge on any atom is 0.124 e. The number of benzene rings is 1. The third-order valence-corrected chi connectivity index (χ3v) is 4.94. The number of unbranched alkanes of at least 4 members (excludes halogenated alkanes) is 1. The van der Waals surface area contributed by atoms with Gasteiger partial charge in [0.25, 0.3) is 0 Å². The number of hydrogen-bond donors (Lipinski definition) is 1. The molecule has 0 saturated heterocycles. The molecule has 1 aliphatic carbocycles. The molecule has 0 amide bonds. The van der Waals surface area contributed by atoms with Crippen molar-refractivity contribution in [1.82, 2.24) is 0 Å². The summed E-state index contributed by atoms with van der Waals surface area (Å²) in [6, 6.07) is 8.41. The lowest BCUT2D eigenvalue weighted by atomic mass is 9.75. The molecule has 1 fully saturated rings. The number of nitrogens with two attached hydrogens (primary N) is 1. The van der Waals surface area contributed by atoms with E-state index in [2.05, 4.69) is 19.1 Å². The Morgan fingerprint density at radius 2 is 1.86 bits per heavy atom. The van der Waals surface area contributed by atoms with Gasteiger partial charge in [-0.15, -0.1) is 0 Å². The average Bonchev–Trinajstić information content (AvgIpc) is 2.53. The van der Waals surface area contributed by atoms with Crippen molar-refractivity contribution in [3.05, 3.63) is 29.8 Å². The summed E-state index contributed by atoms with van der Waals surface area (Å²) in [5, 5.41) is 0. The quantitative estimate of drug-likeness (QED) is 0.759. The molecule has 0 spiro atoms. The third kappa shape index (κ3) is 4.47. The third-order valence-electron chi connectivity index (χ3n) is 4.94. The topological polar surface area (TPSA) is 35.2 Å². The smallest absolute Gasteiger partial charge is 0.124 e. The highest BCUT2D eigenvalue weighted by atomic mass is 16.5. The van der Waals surface area contributed by atoms with E-state index in [4.69, 9.17) is 10.5 Å². The molecular formula is C19H31NO. The Labute approximate surface area is 130 Å². The molecule has 0 aromatic heterocycles. The van der Waals surface area contributed by atoms with E-state index in [1.807, 2.05) is 19.1 Å². The van der Waals surface area contributed by atoms with Crippen LogP contribution in [0.5, 0.6) is 5.75 Å². The van der Waals surface area contributed by atoms with Crippen molar-refractivity contribution in [2.45, 2.75) is 64.8 Å². The Kier molecular flexibility index (Phi) is 6.56. The molecule has 0 bridgehead atoms. The van der Waals surface area contributed by atoms with Crippen LogP contribution in [0, 0.1) is 11.8 Å². The van der Waals surface area contributed by atoms with E-state index in [1.165, 1.54) is 50.5 Å². The van der Waals surface area contributed by atoms with E-state index in [0.29, 0.717) is 12.5 Å². The SMILES string of the molecule is CCCCC1CCC(C(N)c2ccccc2OCC)CC1. The van der Waals surface area contributed by atoms with Crippen LogP contribution in [0.4, 0.5) is 0 Å². The summed E-state index contributed by atoms with van der Waals surface area (Å²) in [6.45, 7) is 5.01. The van der Waals surface area contributed by atoms with Gasteiger partial charge in [-0.1, -0.05) is 57.2 Å². The Morgan fingerprint density at radius 3 is 2.52 bits per heavy atom. The first kappa shape index (κ1) is 16.4. The Balaban J connectivity index is 1.94. The fourth-order valence-corrected chi connectivity index (χ4v) is 3.63. The second-order valence-corrected chi connectivity index (χ2v) is 6.42. The molecule has 1 unspecified atom stereocenters. The van der Waals surface area contributed by atoms with Gasteiger partial charge in [0.05, 0.1) is 6.61 Å². The minimum absolute atomic E-state index is 0.125.